The number of carbonyl (C=O) groups is 1. The molecule has 25 heavy (non-hydrogen) atoms. The maximum absolute atomic E-state index is 11.8. The minimum atomic E-state index is -0.0993. The molecule has 0 aliphatic carbocycles. The predicted molar refractivity (Wildman–Crippen MR) is 102 cm³/mol. The fourth-order valence-electron chi connectivity index (χ4n) is 2.24. The van der Waals surface area contributed by atoms with Crippen molar-refractivity contribution in [3.05, 3.63) is 94.2 Å². The van der Waals surface area contributed by atoms with Crippen LogP contribution in [0.15, 0.2) is 78.2 Å². The van der Waals surface area contributed by atoms with Gasteiger partial charge in [0, 0.05) is 17.5 Å². The van der Waals surface area contributed by atoms with Gasteiger partial charge in [0.15, 0.2) is 0 Å². The van der Waals surface area contributed by atoms with Crippen molar-refractivity contribution in [1.82, 2.24) is 5.32 Å². The summed E-state index contributed by atoms with van der Waals surface area (Å²) in [7, 11) is 0. The highest BCUT2D eigenvalue weighted by Gasteiger charge is 1.99. The highest BCUT2D eigenvalue weighted by atomic mass is 32.1. The molecule has 4 heteroatoms. The largest absolute Gasteiger partial charge is 0.489 e. The van der Waals surface area contributed by atoms with E-state index in [4.69, 9.17) is 4.74 Å². The van der Waals surface area contributed by atoms with Crippen LogP contribution < -0.4 is 10.1 Å². The Morgan fingerprint density at radius 3 is 2.48 bits per heavy atom. The normalized spacial score (nSPS) is 10.7. The van der Waals surface area contributed by atoms with Gasteiger partial charge in [-0.1, -0.05) is 48.5 Å². The van der Waals surface area contributed by atoms with Gasteiger partial charge in [0.1, 0.15) is 12.4 Å². The molecular formula is C21H19NO2S. The summed E-state index contributed by atoms with van der Waals surface area (Å²) in [6.45, 7) is 1.04. The number of hydrogen-bond acceptors (Lipinski definition) is 3. The second-order valence-corrected chi connectivity index (χ2v) is 6.46. The molecule has 0 saturated heterocycles. The van der Waals surface area contributed by atoms with Crippen molar-refractivity contribution in [2.75, 3.05) is 0 Å². The van der Waals surface area contributed by atoms with E-state index >= 15 is 0 Å². The first kappa shape index (κ1) is 17.0. The maximum Gasteiger partial charge on any atom is 0.244 e. The van der Waals surface area contributed by atoms with Gasteiger partial charge in [0.2, 0.25) is 5.91 Å². The van der Waals surface area contributed by atoms with E-state index in [2.05, 4.69) is 5.32 Å². The molecule has 0 unspecified atom stereocenters. The quantitative estimate of drug-likeness (QED) is 0.630. The molecule has 0 bridgehead atoms. The van der Waals surface area contributed by atoms with Gasteiger partial charge in [-0.05, 0) is 40.8 Å². The summed E-state index contributed by atoms with van der Waals surface area (Å²) in [5.74, 6) is 0.717. The van der Waals surface area contributed by atoms with Gasteiger partial charge in [-0.3, -0.25) is 4.79 Å². The smallest absolute Gasteiger partial charge is 0.244 e. The van der Waals surface area contributed by atoms with Crippen LogP contribution in [0.5, 0.6) is 5.75 Å². The lowest BCUT2D eigenvalue weighted by Crippen LogP contribution is -2.20. The average molecular weight is 349 g/mol. The minimum Gasteiger partial charge on any atom is -0.489 e. The third-order valence-corrected chi connectivity index (χ3v) is 4.42. The van der Waals surface area contributed by atoms with Crippen molar-refractivity contribution in [3.63, 3.8) is 0 Å². The number of nitrogens with one attached hydrogen (secondary N) is 1. The van der Waals surface area contributed by atoms with Crippen LogP contribution in [0.3, 0.4) is 0 Å². The average Bonchev–Trinajstić information content (AvgIpc) is 3.18. The van der Waals surface area contributed by atoms with Crippen LogP contribution in [0.2, 0.25) is 0 Å². The fourth-order valence-corrected chi connectivity index (χ4v) is 2.85. The highest BCUT2D eigenvalue weighted by Crippen LogP contribution is 2.14. The predicted octanol–water partition coefficient (Wildman–Crippen LogP) is 4.66. The minimum absolute atomic E-state index is 0.0993. The number of benzene rings is 2. The number of hydrogen-bond donors (Lipinski definition) is 1. The van der Waals surface area contributed by atoms with Gasteiger partial charge < -0.3 is 10.1 Å². The molecule has 126 valence electrons. The zero-order valence-electron chi connectivity index (χ0n) is 13.7. The topological polar surface area (TPSA) is 38.3 Å². The zero-order chi connectivity index (χ0) is 17.3. The number of thiophene rings is 1. The third-order valence-electron chi connectivity index (χ3n) is 3.58. The summed E-state index contributed by atoms with van der Waals surface area (Å²) in [5.41, 5.74) is 2.17. The lowest BCUT2D eigenvalue weighted by atomic mass is 10.2. The summed E-state index contributed by atoms with van der Waals surface area (Å²) >= 11 is 1.60. The molecule has 1 heterocycles. The first-order chi connectivity index (χ1) is 12.3. The summed E-state index contributed by atoms with van der Waals surface area (Å²) in [6.07, 6.45) is 3.38. The molecule has 0 spiro atoms. The Morgan fingerprint density at radius 2 is 1.76 bits per heavy atom. The zero-order valence-corrected chi connectivity index (χ0v) is 14.5. The number of rotatable bonds is 7. The van der Waals surface area contributed by atoms with Crippen LogP contribution in [0, 0.1) is 0 Å². The first-order valence-corrected chi connectivity index (χ1v) is 8.93. The van der Waals surface area contributed by atoms with E-state index in [9.17, 15) is 4.79 Å². The van der Waals surface area contributed by atoms with E-state index in [0.717, 1.165) is 21.8 Å². The number of carbonyl (C=O) groups excluding carboxylic acids is 1. The van der Waals surface area contributed by atoms with Gasteiger partial charge in [0.25, 0.3) is 0 Å². The molecule has 0 aliphatic heterocycles. The van der Waals surface area contributed by atoms with Crippen molar-refractivity contribution in [2.24, 2.45) is 0 Å². The highest BCUT2D eigenvalue weighted by molar-refractivity contribution is 7.10. The van der Waals surface area contributed by atoms with Crippen molar-refractivity contribution in [1.29, 1.82) is 0 Å². The molecule has 0 saturated carbocycles. The molecular weight excluding hydrogens is 330 g/mol. The van der Waals surface area contributed by atoms with Crippen LogP contribution in [-0.2, 0) is 17.9 Å². The molecule has 1 aromatic heterocycles. The van der Waals surface area contributed by atoms with Crippen LogP contribution >= 0.6 is 11.3 Å². The molecule has 2 aromatic carbocycles. The van der Waals surface area contributed by atoms with Crippen LogP contribution in [0.1, 0.15) is 16.0 Å². The summed E-state index contributed by atoms with van der Waals surface area (Å²) in [5, 5.41) is 4.86. The van der Waals surface area contributed by atoms with E-state index in [0.29, 0.717) is 13.2 Å². The Kier molecular flexibility index (Phi) is 6.01. The lowest BCUT2D eigenvalue weighted by molar-refractivity contribution is -0.116. The fraction of sp³-hybridized carbons (Fsp3) is 0.0952. The number of amides is 1. The monoisotopic (exact) mass is 349 g/mol. The maximum atomic E-state index is 11.8. The molecule has 0 fully saturated rings. The molecule has 3 aromatic rings. The van der Waals surface area contributed by atoms with E-state index in [1.165, 1.54) is 0 Å². The Hall–Kier alpha value is -2.85. The lowest BCUT2D eigenvalue weighted by Gasteiger charge is -2.08. The molecule has 1 N–H and O–H groups in total. The van der Waals surface area contributed by atoms with Crippen LogP contribution in [0.4, 0.5) is 0 Å². The molecule has 0 radical (unpaired) electrons. The van der Waals surface area contributed by atoms with Gasteiger partial charge in [-0.2, -0.15) is 0 Å². The van der Waals surface area contributed by atoms with Gasteiger partial charge in [-0.15, -0.1) is 11.3 Å². The van der Waals surface area contributed by atoms with Crippen molar-refractivity contribution >= 4 is 23.3 Å². The van der Waals surface area contributed by atoms with E-state index in [1.807, 2.05) is 78.2 Å². The summed E-state index contributed by atoms with van der Waals surface area (Å²) < 4.78 is 5.76. The third kappa shape index (κ3) is 5.62. The Bertz CT molecular complexity index is 809. The molecule has 0 aliphatic rings. The van der Waals surface area contributed by atoms with Crippen molar-refractivity contribution in [3.8, 4) is 5.75 Å². The van der Waals surface area contributed by atoms with Gasteiger partial charge in [0.05, 0.1) is 0 Å². The Morgan fingerprint density at radius 1 is 0.960 bits per heavy atom. The van der Waals surface area contributed by atoms with Gasteiger partial charge >= 0.3 is 0 Å². The first-order valence-electron chi connectivity index (χ1n) is 8.05. The number of ether oxygens (including phenoxy) is 1. The van der Waals surface area contributed by atoms with Crippen LogP contribution in [0.25, 0.3) is 6.08 Å². The van der Waals surface area contributed by atoms with E-state index in [1.54, 1.807) is 17.4 Å². The SMILES string of the molecule is O=C(/C=C/c1cccs1)NCc1ccc(OCc2ccccc2)cc1. The Balaban J connectivity index is 1.45. The Labute approximate surface area is 151 Å². The van der Waals surface area contributed by atoms with E-state index < -0.39 is 0 Å². The molecule has 3 nitrogen and oxygen atoms in total. The summed E-state index contributed by atoms with van der Waals surface area (Å²) in [4.78, 5) is 12.9. The molecule has 3 rings (SSSR count). The second kappa shape index (κ2) is 8.85. The standard InChI is InChI=1S/C21H19NO2S/c23-21(13-12-20-7-4-14-25-20)22-15-17-8-10-19(11-9-17)24-16-18-5-2-1-3-6-18/h1-14H,15-16H2,(H,22,23)/b13-12+. The van der Waals surface area contributed by atoms with Crippen LogP contribution in [-0.4, -0.2) is 5.91 Å². The summed E-state index contributed by atoms with van der Waals surface area (Å²) in [6, 6.07) is 21.8. The van der Waals surface area contributed by atoms with Crippen molar-refractivity contribution < 1.29 is 9.53 Å². The van der Waals surface area contributed by atoms with Crippen molar-refractivity contribution in [2.45, 2.75) is 13.2 Å². The molecule has 1 amide bonds. The van der Waals surface area contributed by atoms with Gasteiger partial charge in [-0.25, -0.2) is 0 Å². The molecule has 0 atom stereocenters. The van der Waals surface area contributed by atoms with E-state index in [-0.39, 0.29) is 5.91 Å². The second-order valence-electron chi connectivity index (χ2n) is 5.48.